The van der Waals surface area contributed by atoms with Crippen LogP contribution in [0.15, 0.2) is 12.3 Å². The van der Waals surface area contributed by atoms with E-state index in [2.05, 4.69) is 4.37 Å². The number of halogens is 2. The van der Waals surface area contributed by atoms with Crippen LogP contribution in [0.5, 0.6) is 0 Å². The van der Waals surface area contributed by atoms with E-state index in [1.54, 1.807) is 11.1 Å². The van der Waals surface area contributed by atoms with Crippen molar-refractivity contribution in [3.05, 3.63) is 27.3 Å². The summed E-state index contributed by atoms with van der Waals surface area (Å²) in [5.41, 5.74) is 0. The quantitative estimate of drug-likeness (QED) is 0.611. The highest BCUT2D eigenvalue weighted by Gasteiger charge is 2.14. The van der Waals surface area contributed by atoms with Crippen molar-refractivity contribution in [1.82, 2.24) is 9.27 Å². The molecule has 0 aliphatic rings. The van der Waals surface area contributed by atoms with E-state index in [9.17, 15) is 4.79 Å². The maximum atomic E-state index is 11.5. The molecule has 14 heavy (non-hydrogen) atoms. The summed E-state index contributed by atoms with van der Waals surface area (Å²) < 4.78 is 3.77. The Labute approximate surface area is 96.1 Å². The molecule has 0 aliphatic carbocycles. The first kappa shape index (κ1) is 11.5. The number of carbonyl (C=O) groups is 1. The van der Waals surface area contributed by atoms with Crippen LogP contribution in [0.2, 0.25) is 10.2 Å². The fraction of sp³-hybridized carbons (Fsp3) is 0.250. The van der Waals surface area contributed by atoms with Crippen molar-refractivity contribution in [3.63, 3.8) is 0 Å². The van der Waals surface area contributed by atoms with Gasteiger partial charge in [-0.25, -0.2) is 0 Å². The van der Waals surface area contributed by atoms with Crippen LogP contribution in [-0.4, -0.2) is 29.2 Å². The highest BCUT2D eigenvalue weighted by atomic mass is 35.5. The highest BCUT2D eigenvalue weighted by molar-refractivity contribution is 7.09. The number of ketones is 1. The van der Waals surface area contributed by atoms with Crippen molar-refractivity contribution in [3.8, 4) is 0 Å². The Balaban J connectivity index is 2.85. The maximum absolute atomic E-state index is 11.5. The zero-order valence-corrected chi connectivity index (χ0v) is 9.95. The third kappa shape index (κ3) is 2.70. The minimum atomic E-state index is -0.187. The summed E-state index contributed by atoms with van der Waals surface area (Å²) in [6, 6.07) is 0. The van der Waals surface area contributed by atoms with E-state index >= 15 is 0 Å². The molecule has 0 aliphatic heterocycles. The molecule has 1 rings (SSSR count). The highest BCUT2D eigenvalue weighted by Crippen LogP contribution is 2.28. The number of carbonyl (C=O) groups excluding carboxylic acids is 1. The summed E-state index contributed by atoms with van der Waals surface area (Å²) in [6.07, 6.45) is 3.07. The lowest BCUT2D eigenvalue weighted by Gasteiger charge is -2.01. The zero-order chi connectivity index (χ0) is 10.7. The topological polar surface area (TPSA) is 33.2 Å². The van der Waals surface area contributed by atoms with Gasteiger partial charge in [-0.2, -0.15) is 4.37 Å². The molecule has 1 aromatic heterocycles. The number of allylic oxidation sites excluding steroid dienone is 1. The number of nitrogens with zero attached hydrogens (tertiary/aromatic N) is 2. The molecular formula is C8H8Cl2N2OS. The standard InChI is InChI=1S/C8H8Cl2N2OS/c1-12(2)4-3-5(13)7-6(9)8(10)11-14-7/h3-4H,1-2H3/b4-3+. The first-order chi connectivity index (χ1) is 6.52. The Bertz CT molecular complexity index is 373. The van der Waals surface area contributed by atoms with Gasteiger partial charge < -0.3 is 4.90 Å². The van der Waals surface area contributed by atoms with Crippen molar-refractivity contribution >= 4 is 40.5 Å². The van der Waals surface area contributed by atoms with Gasteiger partial charge in [-0.15, -0.1) is 0 Å². The van der Waals surface area contributed by atoms with Crippen LogP contribution in [0.1, 0.15) is 9.67 Å². The molecule has 3 nitrogen and oxygen atoms in total. The maximum Gasteiger partial charge on any atom is 0.200 e. The summed E-state index contributed by atoms with van der Waals surface area (Å²) in [7, 11) is 3.65. The Morgan fingerprint density at radius 1 is 1.50 bits per heavy atom. The Kier molecular flexibility index (Phi) is 3.92. The second-order valence-corrected chi connectivity index (χ2v) is 4.27. The Hall–Kier alpha value is -0.580. The van der Waals surface area contributed by atoms with Gasteiger partial charge in [-0.3, -0.25) is 4.79 Å². The van der Waals surface area contributed by atoms with Gasteiger partial charge in [0.05, 0.1) is 0 Å². The van der Waals surface area contributed by atoms with Crippen LogP contribution in [0, 0.1) is 0 Å². The third-order valence-electron chi connectivity index (χ3n) is 1.35. The molecule has 0 aromatic carbocycles. The molecule has 76 valence electrons. The first-order valence-electron chi connectivity index (χ1n) is 3.72. The minimum absolute atomic E-state index is 0.179. The van der Waals surface area contributed by atoms with Crippen LogP contribution < -0.4 is 0 Å². The molecule has 0 bridgehead atoms. The van der Waals surface area contributed by atoms with Crippen LogP contribution >= 0.6 is 34.7 Å². The van der Waals surface area contributed by atoms with E-state index in [-0.39, 0.29) is 16.0 Å². The largest absolute Gasteiger partial charge is 0.383 e. The minimum Gasteiger partial charge on any atom is -0.383 e. The SMILES string of the molecule is CN(C)/C=C/C(=O)c1snc(Cl)c1Cl. The summed E-state index contributed by atoms with van der Waals surface area (Å²) in [4.78, 5) is 13.6. The molecule has 6 heteroatoms. The predicted molar refractivity (Wildman–Crippen MR) is 59.3 cm³/mol. The van der Waals surface area contributed by atoms with Crippen molar-refractivity contribution in [2.24, 2.45) is 0 Å². The van der Waals surface area contributed by atoms with E-state index in [0.29, 0.717) is 4.88 Å². The fourth-order valence-electron chi connectivity index (χ4n) is 0.705. The van der Waals surface area contributed by atoms with Crippen molar-refractivity contribution < 1.29 is 4.79 Å². The van der Waals surface area contributed by atoms with Crippen LogP contribution in [0.3, 0.4) is 0 Å². The normalized spacial score (nSPS) is 10.9. The third-order valence-corrected chi connectivity index (χ3v) is 3.16. The number of aromatic nitrogens is 1. The number of rotatable bonds is 3. The molecule has 0 unspecified atom stereocenters. The monoisotopic (exact) mass is 250 g/mol. The molecule has 0 saturated carbocycles. The Morgan fingerprint density at radius 3 is 2.57 bits per heavy atom. The summed E-state index contributed by atoms with van der Waals surface area (Å²) >= 11 is 12.4. The van der Waals surface area contributed by atoms with Crippen LogP contribution in [0.25, 0.3) is 0 Å². The molecule has 0 spiro atoms. The lowest BCUT2D eigenvalue weighted by Crippen LogP contribution is -2.02. The van der Waals surface area contributed by atoms with Gasteiger partial charge in [0.15, 0.2) is 10.9 Å². The van der Waals surface area contributed by atoms with E-state index in [0.717, 1.165) is 11.5 Å². The summed E-state index contributed by atoms with van der Waals surface area (Å²) in [5, 5.41) is 0.406. The number of hydrogen-bond donors (Lipinski definition) is 0. The predicted octanol–water partition coefficient (Wildman–Crippen LogP) is 2.71. The average Bonchev–Trinajstić information content (AvgIpc) is 2.44. The van der Waals surface area contributed by atoms with Gasteiger partial charge in [-0.05, 0) is 11.5 Å². The lowest BCUT2D eigenvalue weighted by molar-refractivity contribution is 0.104. The summed E-state index contributed by atoms with van der Waals surface area (Å²) in [5.74, 6) is -0.187. The van der Waals surface area contributed by atoms with Gasteiger partial charge in [0.25, 0.3) is 0 Å². The first-order valence-corrected chi connectivity index (χ1v) is 5.25. The molecule has 0 atom stereocenters. The van der Waals surface area contributed by atoms with Gasteiger partial charge in [-0.1, -0.05) is 23.2 Å². The van der Waals surface area contributed by atoms with E-state index < -0.39 is 0 Å². The molecule has 0 fully saturated rings. The molecule has 1 aromatic rings. The second-order valence-electron chi connectivity index (χ2n) is 2.76. The van der Waals surface area contributed by atoms with Crippen molar-refractivity contribution in [2.75, 3.05) is 14.1 Å². The molecule has 0 saturated heterocycles. The molecule has 0 N–H and O–H groups in total. The lowest BCUT2D eigenvalue weighted by atomic mass is 10.3. The van der Waals surface area contributed by atoms with Gasteiger partial charge in [0.2, 0.25) is 0 Å². The number of hydrogen-bond acceptors (Lipinski definition) is 4. The van der Waals surface area contributed by atoms with E-state index in [1.807, 2.05) is 14.1 Å². The van der Waals surface area contributed by atoms with E-state index in [1.165, 1.54) is 6.08 Å². The molecule has 0 radical (unpaired) electrons. The summed E-state index contributed by atoms with van der Waals surface area (Å²) in [6.45, 7) is 0. The van der Waals surface area contributed by atoms with Gasteiger partial charge in [0.1, 0.15) is 9.90 Å². The van der Waals surface area contributed by atoms with Gasteiger partial charge >= 0.3 is 0 Å². The zero-order valence-electron chi connectivity index (χ0n) is 7.62. The molecule has 1 heterocycles. The van der Waals surface area contributed by atoms with Crippen molar-refractivity contribution in [2.45, 2.75) is 0 Å². The fourth-order valence-corrected chi connectivity index (χ4v) is 1.85. The average molecular weight is 251 g/mol. The molecule has 0 amide bonds. The van der Waals surface area contributed by atoms with E-state index in [4.69, 9.17) is 23.2 Å². The smallest absolute Gasteiger partial charge is 0.200 e. The van der Waals surface area contributed by atoms with Crippen molar-refractivity contribution in [1.29, 1.82) is 0 Å². The van der Waals surface area contributed by atoms with Crippen LogP contribution in [0.4, 0.5) is 0 Å². The molecular weight excluding hydrogens is 243 g/mol. The second kappa shape index (κ2) is 4.77. The Morgan fingerprint density at radius 2 is 2.14 bits per heavy atom. The van der Waals surface area contributed by atoms with Gasteiger partial charge in [0, 0.05) is 26.4 Å². The van der Waals surface area contributed by atoms with Crippen LogP contribution in [-0.2, 0) is 0 Å².